The molecule has 2 aliphatic rings. The van der Waals surface area contributed by atoms with Crippen molar-refractivity contribution in [1.82, 2.24) is 29.7 Å². The zero-order valence-electron chi connectivity index (χ0n) is 19.9. The Morgan fingerprint density at radius 1 is 1.06 bits per heavy atom. The number of hydrogen-bond acceptors (Lipinski definition) is 6. The summed E-state index contributed by atoms with van der Waals surface area (Å²) in [5.41, 5.74) is 3.20. The molecule has 6 rings (SSSR count). The van der Waals surface area contributed by atoms with Crippen LogP contribution < -0.4 is 0 Å². The minimum Gasteiger partial charge on any atom is -0.373 e. The van der Waals surface area contributed by atoms with Crippen molar-refractivity contribution in [2.45, 2.75) is 57.6 Å². The zero-order valence-corrected chi connectivity index (χ0v) is 18.9. The SMILES string of the molecule is [2H][C@]1(c2cnn(C3CC3)c2)C[C@@H](c2nc(-c3ccc(F)cc3F)c3nc(C)c(C)nc3n2)CCO1. The van der Waals surface area contributed by atoms with E-state index in [1.54, 1.807) is 6.20 Å². The van der Waals surface area contributed by atoms with E-state index in [1.807, 2.05) is 24.7 Å². The summed E-state index contributed by atoms with van der Waals surface area (Å²) >= 11 is 0. The number of rotatable bonds is 4. The van der Waals surface area contributed by atoms with Gasteiger partial charge in [0.25, 0.3) is 0 Å². The van der Waals surface area contributed by atoms with Crippen LogP contribution in [0.5, 0.6) is 0 Å². The topological polar surface area (TPSA) is 78.6 Å². The summed E-state index contributed by atoms with van der Waals surface area (Å²) in [4.78, 5) is 18.6. The monoisotopic (exact) mass is 463 g/mol. The van der Waals surface area contributed by atoms with E-state index in [9.17, 15) is 8.78 Å². The van der Waals surface area contributed by atoms with Gasteiger partial charge >= 0.3 is 0 Å². The second-order valence-corrected chi connectivity index (χ2v) is 9.02. The van der Waals surface area contributed by atoms with Crippen molar-refractivity contribution in [3.63, 3.8) is 0 Å². The molecule has 0 unspecified atom stereocenters. The molecular weight excluding hydrogens is 438 g/mol. The Bertz CT molecular complexity index is 1460. The molecular formula is C25H24F2N6O. The first-order valence-corrected chi connectivity index (χ1v) is 11.5. The van der Waals surface area contributed by atoms with Crippen molar-refractivity contribution in [1.29, 1.82) is 0 Å². The van der Waals surface area contributed by atoms with Gasteiger partial charge in [-0.3, -0.25) is 4.68 Å². The first-order valence-electron chi connectivity index (χ1n) is 12.0. The summed E-state index contributed by atoms with van der Waals surface area (Å²) in [6.07, 6.45) is 5.43. The molecule has 1 saturated carbocycles. The van der Waals surface area contributed by atoms with Crippen molar-refractivity contribution in [3.05, 3.63) is 65.0 Å². The number of benzene rings is 1. The molecule has 34 heavy (non-hydrogen) atoms. The van der Waals surface area contributed by atoms with Gasteiger partial charge in [0.2, 0.25) is 0 Å². The normalized spacial score (nSPS) is 23.3. The van der Waals surface area contributed by atoms with E-state index in [2.05, 4.69) is 15.1 Å². The molecule has 1 saturated heterocycles. The molecule has 4 heterocycles. The van der Waals surface area contributed by atoms with Crippen molar-refractivity contribution < 1.29 is 14.9 Å². The van der Waals surface area contributed by atoms with E-state index < -0.39 is 17.7 Å². The average Bonchev–Trinajstić information content (AvgIpc) is 3.55. The Kier molecular flexibility index (Phi) is 4.82. The van der Waals surface area contributed by atoms with E-state index in [0.717, 1.165) is 18.9 Å². The van der Waals surface area contributed by atoms with Crippen molar-refractivity contribution in [2.75, 3.05) is 6.61 Å². The lowest BCUT2D eigenvalue weighted by atomic mass is 9.92. The van der Waals surface area contributed by atoms with Gasteiger partial charge in [0.05, 0.1) is 31.1 Å². The molecule has 0 spiro atoms. The minimum atomic E-state index is -1.29. The van der Waals surface area contributed by atoms with Gasteiger partial charge in [-0.1, -0.05) is 0 Å². The fourth-order valence-corrected chi connectivity index (χ4v) is 4.33. The highest BCUT2D eigenvalue weighted by atomic mass is 19.1. The molecule has 2 fully saturated rings. The lowest BCUT2D eigenvalue weighted by molar-refractivity contribution is 0.00396. The maximum atomic E-state index is 14.8. The number of aryl methyl sites for hydroxylation is 2. The number of hydrogen-bond donors (Lipinski definition) is 0. The van der Waals surface area contributed by atoms with E-state index in [1.165, 1.54) is 12.1 Å². The summed E-state index contributed by atoms with van der Waals surface area (Å²) in [5, 5.41) is 4.42. The van der Waals surface area contributed by atoms with Crippen molar-refractivity contribution in [3.8, 4) is 11.3 Å². The fraction of sp³-hybridized carbons (Fsp3) is 0.400. The summed E-state index contributed by atoms with van der Waals surface area (Å²) in [6, 6.07) is 3.80. The number of fused-ring (bicyclic) bond motifs is 1. The van der Waals surface area contributed by atoms with E-state index in [0.29, 0.717) is 59.4 Å². The smallest absolute Gasteiger partial charge is 0.182 e. The number of ether oxygens (including phenoxy) is 1. The average molecular weight is 464 g/mol. The van der Waals surface area contributed by atoms with Crippen LogP contribution in [0.25, 0.3) is 22.4 Å². The molecule has 174 valence electrons. The van der Waals surface area contributed by atoms with E-state index >= 15 is 0 Å². The van der Waals surface area contributed by atoms with Gasteiger partial charge in [0, 0.05) is 35.9 Å². The molecule has 0 amide bonds. The summed E-state index contributed by atoms with van der Waals surface area (Å²) in [5.74, 6) is -1.17. The predicted molar refractivity (Wildman–Crippen MR) is 121 cm³/mol. The third-order valence-electron chi connectivity index (χ3n) is 6.53. The van der Waals surface area contributed by atoms with E-state index in [-0.39, 0.29) is 17.2 Å². The largest absolute Gasteiger partial charge is 0.373 e. The fourth-order valence-electron chi connectivity index (χ4n) is 4.33. The Labute approximate surface area is 196 Å². The van der Waals surface area contributed by atoms with Crippen LogP contribution in [-0.2, 0) is 4.74 Å². The molecule has 1 aliphatic carbocycles. The van der Waals surface area contributed by atoms with Crippen LogP contribution in [0.1, 0.15) is 67.9 Å². The highest BCUT2D eigenvalue weighted by Gasteiger charge is 2.31. The Hall–Kier alpha value is -3.33. The quantitative estimate of drug-likeness (QED) is 0.417. The van der Waals surface area contributed by atoms with Crippen molar-refractivity contribution >= 4 is 11.2 Å². The maximum Gasteiger partial charge on any atom is 0.182 e. The van der Waals surface area contributed by atoms with Crippen LogP contribution in [0.4, 0.5) is 8.78 Å². The van der Waals surface area contributed by atoms with Crippen molar-refractivity contribution in [2.24, 2.45) is 0 Å². The molecule has 1 aliphatic heterocycles. The third-order valence-corrected chi connectivity index (χ3v) is 6.53. The lowest BCUT2D eigenvalue weighted by Crippen LogP contribution is -2.20. The molecule has 0 N–H and O–H groups in total. The molecule has 7 nitrogen and oxygen atoms in total. The van der Waals surface area contributed by atoms with Gasteiger partial charge in [0.1, 0.15) is 28.7 Å². The molecule has 1 aromatic carbocycles. The van der Waals surface area contributed by atoms with Gasteiger partial charge in [-0.05, 0) is 51.7 Å². The highest BCUT2D eigenvalue weighted by Crippen LogP contribution is 2.40. The number of halogens is 2. The molecule has 3 aromatic heterocycles. The third kappa shape index (κ3) is 3.83. The first kappa shape index (κ1) is 20.1. The molecule has 4 aromatic rings. The van der Waals surface area contributed by atoms with Crippen LogP contribution in [-0.4, -0.2) is 36.3 Å². The number of aromatic nitrogens is 6. The van der Waals surface area contributed by atoms with Crippen LogP contribution in [0.2, 0.25) is 0 Å². The molecule has 0 radical (unpaired) electrons. The summed E-state index contributed by atoms with van der Waals surface area (Å²) in [6.45, 7) is 4.00. The summed E-state index contributed by atoms with van der Waals surface area (Å²) in [7, 11) is 0. The van der Waals surface area contributed by atoms with Gasteiger partial charge < -0.3 is 4.74 Å². The zero-order chi connectivity index (χ0) is 24.3. The van der Waals surface area contributed by atoms with Crippen LogP contribution in [0.15, 0.2) is 30.6 Å². The lowest BCUT2D eigenvalue weighted by Gasteiger charge is -2.28. The second-order valence-electron chi connectivity index (χ2n) is 9.02. The molecule has 9 heteroatoms. The first-order chi connectivity index (χ1) is 16.8. The van der Waals surface area contributed by atoms with Gasteiger partial charge in [-0.25, -0.2) is 28.7 Å². The van der Waals surface area contributed by atoms with Crippen LogP contribution >= 0.6 is 0 Å². The molecule has 0 bridgehead atoms. The van der Waals surface area contributed by atoms with Crippen LogP contribution in [0.3, 0.4) is 0 Å². The number of nitrogens with zero attached hydrogens (tertiary/aromatic N) is 6. The standard InChI is InChI=1S/C25H24F2N6O/c1-13-14(2)30-25-23(29-13)22(19-6-3-17(26)10-20(19)27)31-24(32-25)15-7-8-34-21(9-15)16-11-28-33(12-16)18-4-5-18/h3,6,10-12,15,18,21H,4-5,7-9H2,1-2H3/t15-,21+/m0/s1/i21D. The van der Waals surface area contributed by atoms with Gasteiger partial charge in [-0.2, -0.15) is 5.10 Å². The second kappa shape index (κ2) is 8.16. The minimum absolute atomic E-state index is 0.132. The Balaban J connectivity index is 1.44. The maximum absolute atomic E-state index is 14.8. The predicted octanol–water partition coefficient (Wildman–Crippen LogP) is 5.15. The Morgan fingerprint density at radius 2 is 1.88 bits per heavy atom. The van der Waals surface area contributed by atoms with Crippen LogP contribution in [0, 0.1) is 25.5 Å². The van der Waals surface area contributed by atoms with Gasteiger partial charge in [-0.15, -0.1) is 0 Å². The highest BCUT2D eigenvalue weighted by molar-refractivity contribution is 5.87. The molecule has 2 atom stereocenters. The Morgan fingerprint density at radius 3 is 2.68 bits per heavy atom. The van der Waals surface area contributed by atoms with E-state index in [4.69, 9.17) is 16.1 Å². The summed E-state index contributed by atoms with van der Waals surface area (Å²) < 4.78 is 45.3. The van der Waals surface area contributed by atoms with Gasteiger partial charge in [0.15, 0.2) is 5.65 Å².